The number of rotatable bonds is 14. The predicted molar refractivity (Wildman–Crippen MR) is 110 cm³/mol. The number of hydrogen-bond acceptors (Lipinski definition) is 9. The van der Waals surface area contributed by atoms with Crippen LogP contribution in [-0.2, 0) is 32.8 Å². The molecule has 11 heteroatoms. The fourth-order valence-corrected chi connectivity index (χ4v) is 3.21. The Morgan fingerprint density at radius 2 is 0.968 bits per heavy atom. The first kappa shape index (κ1) is 28.7. The predicted octanol–water partition coefficient (Wildman–Crippen LogP) is 1.86. The molecule has 0 spiro atoms. The number of hydrogen-bond donors (Lipinski definition) is 3. The second-order valence-electron chi connectivity index (χ2n) is 7.20. The molecule has 0 aliphatic carbocycles. The third-order valence-corrected chi connectivity index (χ3v) is 4.84. The number of phosphoric ester groups is 1. The first-order valence-electron chi connectivity index (χ1n) is 8.75. The number of aliphatic hydroxyl groups is 2. The molecule has 3 N–H and O–H groups in total. The van der Waals surface area contributed by atoms with Crippen molar-refractivity contribution in [2.24, 2.45) is 0 Å². The number of allylic oxidation sites excluding steroid dienone is 2. The van der Waals surface area contributed by atoms with Crippen molar-refractivity contribution in [2.75, 3.05) is 0 Å². The Labute approximate surface area is 180 Å². The number of carbonyl (C=O) groups excluding carboxylic acids is 4. The van der Waals surface area contributed by atoms with E-state index >= 15 is 0 Å². The Morgan fingerprint density at radius 1 is 0.710 bits per heavy atom. The Hall–Kier alpha value is -2.33. The van der Waals surface area contributed by atoms with Gasteiger partial charge in [0.05, 0.1) is 12.8 Å². The summed E-state index contributed by atoms with van der Waals surface area (Å²) in [5, 5.41) is 21.1. The Morgan fingerprint density at radius 3 is 1.16 bits per heavy atom. The lowest BCUT2D eigenvalue weighted by Gasteiger charge is -2.32. The molecule has 0 saturated heterocycles. The van der Waals surface area contributed by atoms with Crippen molar-refractivity contribution in [3.05, 3.63) is 48.6 Å². The molecule has 0 radical (unpaired) electrons. The zero-order chi connectivity index (χ0) is 24.9. The third kappa shape index (κ3) is 8.02. The van der Waals surface area contributed by atoms with Gasteiger partial charge in [0, 0.05) is 0 Å². The minimum Gasteiger partial charge on any atom is -0.359 e. The van der Waals surface area contributed by atoms with Gasteiger partial charge < -0.3 is 15.1 Å². The van der Waals surface area contributed by atoms with Gasteiger partial charge in [0.1, 0.15) is 0 Å². The minimum atomic E-state index is -5.68. The third-order valence-electron chi connectivity index (χ3n) is 3.77. The average Bonchev–Trinajstić information content (AvgIpc) is 2.58. The van der Waals surface area contributed by atoms with Crippen LogP contribution in [0, 0.1) is 0 Å². The average molecular weight is 458 g/mol. The number of ketones is 4. The molecule has 0 rings (SSSR count). The fourth-order valence-electron chi connectivity index (χ4n) is 2.11. The first-order chi connectivity index (χ1) is 13.8. The van der Waals surface area contributed by atoms with Crippen molar-refractivity contribution in [3.63, 3.8) is 0 Å². The van der Waals surface area contributed by atoms with Gasteiger partial charge in [0.25, 0.3) is 0 Å². The largest absolute Gasteiger partial charge is 0.478 e. The molecule has 0 saturated carbocycles. The summed E-state index contributed by atoms with van der Waals surface area (Å²) in [6.07, 6.45) is -2.28. The van der Waals surface area contributed by atoms with E-state index in [-0.39, 0.29) is 22.3 Å². The highest BCUT2D eigenvalue weighted by Crippen LogP contribution is 2.52. The summed E-state index contributed by atoms with van der Waals surface area (Å²) in [6.45, 7) is 18.0. The Kier molecular flexibility index (Phi) is 9.54. The van der Waals surface area contributed by atoms with Crippen molar-refractivity contribution in [1.82, 2.24) is 0 Å². The summed E-state index contributed by atoms with van der Waals surface area (Å²) in [5.74, 6) is -11.0. The number of carbonyl (C=O) groups is 4. The van der Waals surface area contributed by atoms with Crippen molar-refractivity contribution in [2.45, 2.75) is 52.1 Å². The van der Waals surface area contributed by atoms with E-state index in [1.807, 2.05) is 0 Å². The van der Waals surface area contributed by atoms with E-state index in [2.05, 4.69) is 35.4 Å². The van der Waals surface area contributed by atoms with Gasteiger partial charge >= 0.3 is 7.82 Å². The highest BCUT2D eigenvalue weighted by molar-refractivity contribution is 7.47. The number of phosphoric acid groups is 1. The van der Waals surface area contributed by atoms with E-state index in [0.717, 1.165) is 13.8 Å². The van der Waals surface area contributed by atoms with E-state index in [4.69, 9.17) is 0 Å². The topological polar surface area (TPSA) is 164 Å². The van der Waals surface area contributed by atoms with Gasteiger partial charge in [-0.05, 0) is 50.0 Å². The van der Waals surface area contributed by atoms with Crippen LogP contribution in [0.15, 0.2) is 48.6 Å². The van der Waals surface area contributed by atoms with Crippen LogP contribution in [-0.4, -0.2) is 49.8 Å². The van der Waals surface area contributed by atoms with Gasteiger partial charge in [-0.2, -0.15) is 0 Å². The quantitative estimate of drug-likeness (QED) is 0.199. The summed E-state index contributed by atoms with van der Waals surface area (Å²) in [5.41, 5.74) is -0.900. The monoisotopic (exact) mass is 458 g/mol. The van der Waals surface area contributed by atoms with Gasteiger partial charge in [-0.1, -0.05) is 26.3 Å². The van der Waals surface area contributed by atoms with Gasteiger partial charge in [0.2, 0.25) is 23.1 Å². The number of Topliss-reactive ketones (excluding diaryl/α,β-unsaturated/α-hetero) is 4. The molecule has 0 bridgehead atoms. The minimum absolute atomic E-state index is 0.105. The van der Waals surface area contributed by atoms with Gasteiger partial charge in [0.15, 0.2) is 11.6 Å². The van der Waals surface area contributed by atoms with Crippen LogP contribution in [0.4, 0.5) is 0 Å². The van der Waals surface area contributed by atoms with Crippen LogP contribution >= 0.6 is 7.82 Å². The maximum atomic E-state index is 12.6. The maximum Gasteiger partial charge on any atom is 0.478 e. The van der Waals surface area contributed by atoms with Crippen molar-refractivity contribution >= 4 is 31.0 Å². The molecule has 31 heavy (non-hydrogen) atoms. The SMILES string of the molecule is C=C(C)C(=O)CC(O)(OP(=O)(O)OC(O)(CC(=O)C(=C)C)C(=O)C(=C)C)C(=O)C(=C)C. The lowest BCUT2D eigenvalue weighted by Crippen LogP contribution is -2.46. The fraction of sp³-hybridized carbons (Fsp3) is 0.400. The van der Waals surface area contributed by atoms with Crippen molar-refractivity contribution < 1.29 is 47.9 Å². The summed E-state index contributed by atoms with van der Waals surface area (Å²) in [4.78, 5) is 58.7. The highest BCUT2D eigenvalue weighted by Gasteiger charge is 2.51. The Bertz CT molecular complexity index is 845. The Balaban J connectivity index is 6.22. The summed E-state index contributed by atoms with van der Waals surface area (Å²) in [6, 6.07) is 0. The van der Waals surface area contributed by atoms with Crippen LogP contribution in [0.25, 0.3) is 0 Å². The molecule has 0 aromatic heterocycles. The summed E-state index contributed by atoms with van der Waals surface area (Å²) in [7, 11) is -5.68. The molecule has 0 aromatic rings. The van der Waals surface area contributed by atoms with Gasteiger partial charge in [-0.15, -0.1) is 0 Å². The molecular weight excluding hydrogens is 431 g/mol. The molecule has 0 aliphatic heterocycles. The molecular formula is C20H27O10P. The van der Waals surface area contributed by atoms with Crippen LogP contribution in [0.3, 0.4) is 0 Å². The second-order valence-corrected chi connectivity index (χ2v) is 8.50. The van der Waals surface area contributed by atoms with Crippen LogP contribution in [0.1, 0.15) is 40.5 Å². The van der Waals surface area contributed by atoms with E-state index in [0.29, 0.717) is 0 Å². The molecule has 2 unspecified atom stereocenters. The van der Waals surface area contributed by atoms with Crippen LogP contribution in [0.2, 0.25) is 0 Å². The van der Waals surface area contributed by atoms with Crippen LogP contribution < -0.4 is 0 Å². The standard InChI is InChI=1S/C20H27O10P/c1-11(2)15(21)9-19(25,17(23)13(5)6)29-31(27,28)30-20(26,18(24)14(7)8)10-16(22)12(3)4/h25-26H,1,3,5,7,9-10H2,2,4,6,8H3,(H,27,28). The van der Waals surface area contributed by atoms with E-state index < -0.39 is 55.4 Å². The molecule has 0 fully saturated rings. The second kappa shape index (κ2) is 10.3. The molecule has 0 aliphatic rings. The summed E-state index contributed by atoms with van der Waals surface area (Å²) < 4.78 is 21.6. The normalized spacial score (nSPS) is 16.7. The molecule has 0 aromatic carbocycles. The molecule has 0 heterocycles. The van der Waals surface area contributed by atoms with Gasteiger partial charge in [-0.25, -0.2) is 13.6 Å². The lowest BCUT2D eigenvalue weighted by atomic mass is 9.98. The van der Waals surface area contributed by atoms with E-state index in [9.17, 15) is 38.8 Å². The zero-order valence-electron chi connectivity index (χ0n) is 17.9. The van der Waals surface area contributed by atoms with Crippen molar-refractivity contribution in [3.8, 4) is 0 Å². The maximum absolute atomic E-state index is 12.6. The van der Waals surface area contributed by atoms with Crippen LogP contribution in [0.5, 0.6) is 0 Å². The first-order valence-corrected chi connectivity index (χ1v) is 10.2. The smallest absolute Gasteiger partial charge is 0.359 e. The van der Waals surface area contributed by atoms with Crippen molar-refractivity contribution in [1.29, 1.82) is 0 Å². The molecule has 172 valence electrons. The van der Waals surface area contributed by atoms with E-state index in [1.54, 1.807) is 0 Å². The lowest BCUT2D eigenvalue weighted by molar-refractivity contribution is -0.196. The molecule has 0 amide bonds. The zero-order valence-corrected chi connectivity index (χ0v) is 18.8. The molecule has 2 atom stereocenters. The van der Waals surface area contributed by atoms with E-state index in [1.165, 1.54) is 13.8 Å². The van der Waals surface area contributed by atoms with Gasteiger partial charge in [-0.3, -0.25) is 19.2 Å². The summed E-state index contributed by atoms with van der Waals surface area (Å²) >= 11 is 0. The molecule has 10 nitrogen and oxygen atoms in total. The highest BCUT2D eigenvalue weighted by atomic mass is 31.2.